The molecule has 58 valence electrons. The fourth-order valence-corrected chi connectivity index (χ4v) is 0.941. The highest BCUT2D eigenvalue weighted by Crippen LogP contribution is 2.16. The van der Waals surface area contributed by atoms with Crippen LogP contribution in [0.5, 0.6) is 5.75 Å². The van der Waals surface area contributed by atoms with E-state index >= 15 is 0 Å². The van der Waals surface area contributed by atoms with Gasteiger partial charge in [0.05, 0.1) is 0 Å². The van der Waals surface area contributed by atoms with Crippen molar-refractivity contribution < 1.29 is 9.90 Å². The van der Waals surface area contributed by atoms with Crippen molar-refractivity contribution in [2.75, 3.05) is 0 Å². The second-order valence-corrected chi connectivity index (χ2v) is 2.49. The van der Waals surface area contributed by atoms with Crippen molar-refractivity contribution in [1.29, 1.82) is 0 Å². The molecule has 0 aromatic heterocycles. The van der Waals surface area contributed by atoms with Gasteiger partial charge in [0.1, 0.15) is 12.0 Å². The molecule has 1 rings (SSSR count). The first kappa shape index (κ1) is 7.79. The van der Waals surface area contributed by atoms with Gasteiger partial charge < -0.3 is 9.90 Å². The summed E-state index contributed by atoms with van der Waals surface area (Å²) in [6, 6.07) is 5.16. The quantitative estimate of drug-likeness (QED) is 0.648. The SMILES string of the molecule is Cc1cc(CC=O)ccc1O. The zero-order valence-electron chi connectivity index (χ0n) is 6.37. The summed E-state index contributed by atoms with van der Waals surface area (Å²) in [7, 11) is 0. The van der Waals surface area contributed by atoms with Gasteiger partial charge in [0, 0.05) is 6.42 Å². The van der Waals surface area contributed by atoms with E-state index in [1.165, 1.54) is 0 Å². The smallest absolute Gasteiger partial charge is 0.124 e. The Labute approximate surface area is 65.5 Å². The van der Waals surface area contributed by atoms with E-state index in [-0.39, 0.29) is 5.75 Å². The van der Waals surface area contributed by atoms with Gasteiger partial charge in [-0.1, -0.05) is 12.1 Å². The van der Waals surface area contributed by atoms with Gasteiger partial charge in [-0.05, 0) is 24.1 Å². The van der Waals surface area contributed by atoms with Crippen LogP contribution in [0.1, 0.15) is 11.1 Å². The van der Waals surface area contributed by atoms with Crippen molar-refractivity contribution in [3.8, 4) is 5.75 Å². The molecule has 11 heavy (non-hydrogen) atoms. The highest BCUT2D eigenvalue weighted by Gasteiger charge is 1.96. The molecule has 0 fully saturated rings. The highest BCUT2D eigenvalue weighted by atomic mass is 16.3. The minimum absolute atomic E-state index is 0.277. The summed E-state index contributed by atoms with van der Waals surface area (Å²) in [5.74, 6) is 0.277. The van der Waals surface area contributed by atoms with E-state index in [2.05, 4.69) is 0 Å². The van der Waals surface area contributed by atoms with Gasteiger partial charge in [-0.15, -0.1) is 0 Å². The van der Waals surface area contributed by atoms with E-state index < -0.39 is 0 Å². The van der Waals surface area contributed by atoms with Gasteiger partial charge in [0.2, 0.25) is 0 Å². The van der Waals surface area contributed by atoms with Crippen LogP contribution in [0.3, 0.4) is 0 Å². The van der Waals surface area contributed by atoms with Gasteiger partial charge in [0.15, 0.2) is 0 Å². The molecule has 0 bridgehead atoms. The van der Waals surface area contributed by atoms with Crippen LogP contribution in [0.2, 0.25) is 0 Å². The number of phenolic OH excluding ortho intramolecular Hbond substituents is 1. The third kappa shape index (κ3) is 1.80. The largest absolute Gasteiger partial charge is 0.508 e. The molecule has 2 heteroatoms. The van der Waals surface area contributed by atoms with Crippen LogP contribution in [-0.4, -0.2) is 11.4 Å². The topological polar surface area (TPSA) is 37.3 Å². The summed E-state index contributed by atoms with van der Waals surface area (Å²) in [5.41, 5.74) is 1.75. The van der Waals surface area contributed by atoms with Crippen LogP contribution in [0, 0.1) is 6.92 Å². The van der Waals surface area contributed by atoms with Crippen molar-refractivity contribution in [2.24, 2.45) is 0 Å². The van der Waals surface area contributed by atoms with Gasteiger partial charge >= 0.3 is 0 Å². The maximum absolute atomic E-state index is 10.1. The predicted molar refractivity (Wildman–Crippen MR) is 42.6 cm³/mol. The number of aldehydes is 1. The molecule has 0 aliphatic rings. The standard InChI is InChI=1S/C9H10O2/c1-7-6-8(4-5-10)2-3-9(7)11/h2-3,5-6,11H,4H2,1H3. The molecule has 0 radical (unpaired) electrons. The molecule has 1 aromatic rings. The lowest BCUT2D eigenvalue weighted by atomic mass is 10.1. The van der Waals surface area contributed by atoms with Gasteiger partial charge in [-0.3, -0.25) is 0 Å². The molecular weight excluding hydrogens is 140 g/mol. The Morgan fingerprint density at radius 2 is 2.27 bits per heavy atom. The maximum atomic E-state index is 10.1. The summed E-state index contributed by atoms with van der Waals surface area (Å²) >= 11 is 0. The van der Waals surface area contributed by atoms with E-state index in [0.717, 1.165) is 17.4 Å². The Hall–Kier alpha value is -1.31. The monoisotopic (exact) mass is 150 g/mol. The Morgan fingerprint density at radius 3 is 2.82 bits per heavy atom. The molecule has 1 N–H and O–H groups in total. The Balaban J connectivity index is 2.95. The number of rotatable bonds is 2. The Morgan fingerprint density at radius 1 is 1.55 bits per heavy atom. The number of benzene rings is 1. The number of carbonyl (C=O) groups is 1. The molecule has 0 aliphatic carbocycles. The van der Waals surface area contributed by atoms with Crippen molar-refractivity contribution >= 4 is 6.29 Å². The van der Waals surface area contributed by atoms with Crippen LogP contribution >= 0.6 is 0 Å². The minimum atomic E-state index is 0.277. The van der Waals surface area contributed by atoms with Gasteiger partial charge in [-0.25, -0.2) is 0 Å². The fourth-order valence-electron chi connectivity index (χ4n) is 0.941. The van der Waals surface area contributed by atoms with Crippen LogP contribution in [-0.2, 0) is 11.2 Å². The van der Waals surface area contributed by atoms with Crippen molar-refractivity contribution in [3.05, 3.63) is 29.3 Å². The first-order valence-electron chi connectivity index (χ1n) is 3.46. The summed E-state index contributed by atoms with van der Waals surface area (Å²) in [6.45, 7) is 1.81. The number of aryl methyl sites for hydroxylation is 1. The molecule has 0 aliphatic heterocycles. The number of carbonyl (C=O) groups excluding carboxylic acids is 1. The lowest BCUT2D eigenvalue weighted by Crippen LogP contribution is -1.86. The first-order valence-corrected chi connectivity index (χ1v) is 3.46. The molecule has 0 heterocycles. The number of aromatic hydroxyl groups is 1. The molecule has 2 nitrogen and oxygen atoms in total. The molecule has 0 atom stereocenters. The highest BCUT2D eigenvalue weighted by molar-refractivity contribution is 5.55. The van der Waals surface area contributed by atoms with E-state index in [1.807, 2.05) is 13.0 Å². The van der Waals surface area contributed by atoms with Gasteiger partial charge in [0.25, 0.3) is 0 Å². The minimum Gasteiger partial charge on any atom is -0.508 e. The Bertz CT molecular complexity index is 266. The third-order valence-electron chi connectivity index (χ3n) is 1.58. The van der Waals surface area contributed by atoms with Gasteiger partial charge in [-0.2, -0.15) is 0 Å². The summed E-state index contributed by atoms with van der Waals surface area (Å²) in [5, 5.41) is 9.12. The second-order valence-electron chi connectivity index (χ2n) is 2.49. The number of hydrogen-bond acceptors (Lipinski definition) is 2. The fraction of sp³-hybridized carbons (Fsp3) is 0.222. The van der Waals surface area contributed by atoms with E-state index in [1.54, 1.807) is 12.1 Å². The van der Waals surface area contributed by atoms with E-state index in [4.69, 9.17) is 5.11 Å². The molecule has 0 saturated carbocycles. The maximum Gasteiger partial charge on any atom is 0.124 e. The average Bonchev–Trinajstić information content (AvgIpc) is 1.98. The molecule has 0 spiro atoms. The molecule has 1 aromatic carbocycles. The third-order valence-corrected chi connectivity index (χ3v) is 1.58. The number of hydrogen-bond donors (Lipinski definition) is 1. The molecular formula is C9H10O2. The van der Waals surface area contributed by atoms with Crippen LogP contribution in [0.4, 0.5) is 0 Å². The van der Waals surface area contributed by atoms with Crippen LogP contribution < -0.4 is 0 Å². The summed E-state index contributed by atoms with van der Waals surface area (Å²) in [6.07, 6.45) is 1.27. The summed E-state index contributed by atoms with van der Waals surface area (Å²) < 4.78 is 0. The predicted octanol–water partition coefficient (Wildman–Crippen LogP) is 1.44. The lowest BCUT2D eigenvalue weighted by Gasteiger charge is -1.99. The molecule has 0 saturated heterocycles. The number of phenols is 1. The Kier molecular flexibility index (Phi) is 2.26. The van der Waals surface area contributed by atoms with Crippen molar-refractivity contribution in [1.82, 2.24) is 0 Å². The van der Waals surface area contributed by atoms with E-state index in [0.29, 0.717) is 6.42 Å². The van der Waals surface area contributed by atoms with Crippen LogP contribution in [0.25, 0.3) is 0 Å². The zero-order valence-corrected chi connectivity index (χ0v) is 6.37. The first-order chi connectivity index (χ1) is 5.24. The van der Waals surface area contributed by atoms with Crippen LogP contribution in [0.15, 0.2) is 18.2 Å². The molecule has 0 amide bonds. The van der Waals surface area contributed by atoms with Crippen molar-refractivity contribution in [3.63, 3.8) is 0 Å². The molecule has 0 unspecified atom stereocenters. The normalized spacial score (nSPS) is 9.55. The second kappa shape index (κ2) is 3.19. The van der Waals surface area contributed by atoms with Crippen molar-refractivity contribution in [2.45, 2.75) is 13.3 Å². The zero-order chi connectivity index (χ0) is 8.27. The lowest BCUT2D eigenvalue weighted by molar-refractivity contribution is -0.107. The average molecular weight is 150 g/mol. The summed E-state index contributed by atoms with van der Waals surface area (Å²) in [4.78, 5) is 10.1. The van der Waals surface area contributed by atoms with E-state index in [9.17, 15) is 4.79 Å².